The van der Waals surface area contributed by atoms with E-state index in [0.29, 0.717) is 30.6 Å². The average molecular weight is 414 g/mol. The first-order valence-electron chi connectivity index (χ1n) is 11.9. The van der Waals surface area contributed by atoms with Crippen molar-refractivity contribution in [3.63, 3.8) is 0 Å². The van der Waals surface area contributed by atoms with E-state index in [1.165, 1.54) is 5.57 Å². The Morgan fingerprint density at radius 2 is 2.07 bits per heavy atom. The van der Waals surface area contributed by atoms with Gasteiger partial charge < -0.3 is 15.1 Å². The lowest BCUT2D eigenvalue weighted by Gasteiger charge is -2.19. The molecule has 1 heterocycles. The van der Waals surface area contributed by atoms with Crippen LogP contribution in [0.25, 0.3) is 0 Å². The van der Waals surface area contributed by atoms with Crippen LogP contribution >= 0.6 is 0 Å². The van der Waals surface area contributed by atoms with Crippen molar-refractivity contribution in [2.24, 2.45) is 23.7 Å². The zero-order valence-corrected chi connectivity index (χ0v) is 18.7. The molecule has 3 aliphatic rings. The highest BCUT2D eigenvalue weighted by atomic mass is 16.3. The minimum Gasteiger partial charge on any atom is -0.392 e. The summed E-state index contributed by atoms with van der Waals surface area (Å²) in [5.74, 6) is 7.50. The van der Waals surface area contributed by atoms with Gasteiger partial charge >= 0.3 is 0 Å². The van der Waals surface area contributed by atoms with Crippen molar-refractivity contribution in [2.45, 2.75) is 83.8 Å². The number of rotatable bonds is 8. The van der Waals surface area contributed by atoms with Crippen LogP contribution in [-0.4, -0.2) is 46.3 Å². The number of fused-ring (bicyclic) bond motifs is 1. The van der Waals surface area contributed by atoms with Crippen molar-refractivity contribution >= 4 is 5.91 Å². The maximum atomic E-state index is 12.2. The van der Waals surface area contributed by atoms with Gasteiger partial charge in [0, 0.05) is 31.8 Å². The number of hydrogen-bond donors (Lipinski definition) is 2. The minimum atomic E-state index is -0.512. The molecule has 0 radical (unpaired) electrons. The first-order chi connectivity index (χ1) is 14.5. The summed E-state index contributed by atoms with van der Waals surface area (Å²) in [4.78, 5) is 14.2. The van der Waals surface area contributed by atoms with Crippen molar-refractivity contribution in [3.05, 3.63) is 23.8 Å². The summed E-state index contributed by atoms with van der Waals surface area (Å²) in [7, 11) is 0. The van der Waals surface area contributed by atoms with Gasteiger partial charge in [-0.1, -0.05) is 30.7 Å². The Labute approximate surface area is 182 Å². The second kappa shape index (κ2) is 11.2. The van der Waals surface area contributed by atoms with Crippen LogP contribution in [0.2, 0.25) is 0 Å². The van der Waals surface area contributed by atoms with E-state index in [2.05, 4.69) is 24.0 Å². The maximum Gasteiger partial charge on any atom is 0.222 e. The fraction of sp³-hybridized carbons (Fsp3) is 0.731. The summed E-state index contributed by atoms with van der Waals surface area (Å²) in [6, 6.07) is 0. The molecule has 2 saturated carbocycles. The smallest absolute Gasteiger partial charge is 0.222 e. The predicted molar refractivity (Wildman–Crippen MR) is 120 cm³/mol. The molecular weight excluding hydrogens is 374 g/mol. The van der Waals surface area contributed by atoms with E-state index in [1.54, 1.807) is 0 Å². The predicted octanol–water partition coefficient (Wildman–Crippen LogP) is 4.08. The van der Waals surface area contributed by atoms with Gasteiger partial charge in [-0.05, 0) is 69.6 Å². The Kier molecular flexibility index (Phi) is 8.60. The van der Waals surface area contributed by atoms with Crippen molar-refractivity contribution in [3.8, 4) is 11.8 Å². The number of amides is 1. The molecule has 0 aromatic carbocycles. The fourth-order valence-electron chi connectivity index (χ4n) is 5.44. The van der Waals surface area contributed by atoms with E-state index in [9.17, 15) is 15.0 Å². The molecule has 1 aliphatic heterocycles. The molecule has 3 fully saturated rings. The molecule has 1 saturated heterocycles. The van der Waals surface area contributed by atoms with Crippen LogP contribution in [0.3, 0.4) is 0 Å². The van der Waals surface area contributed by atoms with Crippen LogP contribution < -0.4 is 0 Å². The van der Waals surface area contributed by atoms with E-state index in [1.807, 2.05) is 24.8 Å². The second-order valence-corrected chi connectivity index (χ2v) is 9.54. The number of aliphatic hydroxyl groups excluding tert-OH is 2. The lowest BCUT2D eigenvalue weighted by molar-refractivity contribution is -0.130. The minimum absolute atomic E-state index is 0.102. The Bertz CT molecular complexity index is 695. The fourth-order valence-corrected chi connectivity index (χ4v) is 5.44. The first-order valence-corrected chi connectivity index (χ1v) is 11.9. The zero-order chi connectivity index (χ0) is 21.5. The third kappa shape index (κ3) is 5.99. The molecule has 0 aromatic heterocycles. The molecule has 4 heteroatoms. The van der Waals surface area contributed by atoms with Gasteiger partial charge in [0.25, 0.3) is 0 Å². The summed E-state index contributed by atoms with van der Waals surface area (Å²) in [6.07, 6.45) is 14.0. The van der Waals surface area contributed by atoms with E-state index < -0.39 is 6.10 Å². The molecule has 0 unspecified atom stereocenters. The molecule has 30 heavy (non-hydrogen) atoms. The number of unbranched alkanes of at least 4 members (excludes halogenated alkanes) is 1. The van der Waals surface area contributed by atoms with Gasteiger partial charge in [0.05, 0.1) is 12.2 Å². The summed E-state index contributed by atoms with van der Waals surface area (Å²) < 4.78 is 0. The summed E-state index contributed by atoms with van der Waals surface area (Å²) in [6.45, 7) is 5.72. The van der Waals surface area contributed by atoms with Gasteiger partial charge in [-0.25, -0.2) is 0 Å². The molecule has 0 aromatic rings. The topological polar surface area (TPSA) is 60.8 Å². The molecular formula is C26H39NO3. The van der Waals surface area contributed by atoms with Crippen LogP contribution in [0.4, 0.5) is 0 Å². The number of carbonyl (C=O) groups excluding carboxylic acids is 1. The third-order valence-corrected chi connectivity index (χ3v) is 7.31. The van der Waals surface area contributed by atoms with E-state index in [0.717, 1.165) is 58.0 Å². The van der Waals surface area contributed by atoms with E-state index in [-0.39, 0.29) is 17.9 Å². The van der Waals surface area contributed by atoms with Gasteiger partial charge in [-0.2, -0.15) is 0 Å². The van der Waals surface area contributed by atoms with E-state index >= 15 is 0 Å². The SMILES string of the molecule is CC#CC[C@H](C)[C@H](O)/C=C/[C@@H]1[C@H]2C/C(=C/CCCC(=O)N3CCCC3)C[C@H]2C[C@H]1O. The van der Waals surface area contributed by atoms with Crippen molar-refractivity contribution < 1.29 is 15.0 Å². The molecule has 0 bridgehead atoms. The Morgan fingerprint density at radius 3 is 2.80 bits per heavy atom. The highest BCUT2D eigenvalue weighted by molar-refractivity contribution is 5.76. The molecule has 2 N–H and O–H groups in total. The summed E-state index contributed by atoms with van der Waals surface area (Å²) >= 11 is 0. The molecule has 0 spiro atoms. The highest BCUT2D eigenvalue weighted by Crippen LogP contribution is 2.50. The van der Waals surface area contributed by atoms with Crippen molar-refractivity contribution in [1.29, 1.82) is 0 Å². The maximum absolute atomic E-state index is 12.2. The number of carbonyl (C=O) groups is 1. The van der Waals surface area contributed by atoms with Gasteiger partial charge in [-0.3, -0.25) is 4.79 Å². The normalized spacial score (nSPS) is 31.7. The van der Waals surface area contributed by atoms with Crippen LogP contribution in [-0.2, 0) is 4.79 Å². The summed E-state index contributed by atoms with van der Waals surface area (Å²) in [5.41, 5.74) is 1.50. The Balaban J connectivity index is 1.46. The third-order valence-electron chi connectivity index (χ3n) is 7.31. The first kappa shape index (κ1) is 23.1. The number of aliphatic hydroxyl groups is 2. The molecule has 2 aliphatic carbocycles. The average Bonchev–Trinajstić information content (AvgIpc) is 3.44. The molecule has 3 rings (SSSR count). The lowest BCUT2D eigenvalue weighted by atomic mass is 9.89. The Hall–Kier alpha value is -1.57. The number of nitrogens with zero attached hydrogens (tertiary/aromatic N) is 1. The van der Waals surface area contributed by atoms with Crippen LogP contribution in [0.15, 0.2) is 23.8 Å². The van der Waals surface area contributed by atoms with Crippen LogP contribution in [0, 0.1) is 35.5 Å². The van der Waals surface area contributed by atoms with E-state index in [4.69, 9.17) is 0 Å². The largest absolute Gasteiger partial charge is 0.392 e. The molecule has 1 amide bonds. The highest BCUT2D eigenvalue weighted by Gasteiger charge is 2.45. The number of likely N-dealkylation sites (tertiary alicyclic amines) is 1. The zero-order valence-electron chi connectivity index (χ0n) is 18.7. The summed E-state index contributed by atoms with van der Waals surface area (Å²) in [5, 5.41) is 20.9. The van der Waals surface area contributed by atoms with Gasteiger partial charge in [0.1, 0.15) is 0 Å². The Morgan fingerprint density at radius 1 is 1.30 bits per heavy atom. The lowest BCUT2D eigenvalue weighted by Crippen LogP contribution is -2.27. The quantitative estimate of drug-likeness (QED) is 0.358. The van der Waals surface area contributed by atoms with Gasteiger partial charge in [0.2, 0.25) is 5.91 Å². The van der Waals surface area contributed by atoms with Gasteiger partial charge in [-0.15, -0.1) is 11.8 Å². The van der Waals surface area contributed by atoms with Crippen LogP contribution in [0.1, 0.15) is 71.6 Å². The van der Waals surface area contributed by atoms with Crippen molar-refractivity contribution in [1.82, 2.24) is 4.90 Å². The monoisotopic (exact) mass is 413 g/mol. The van der Waals surface area contributed by atoms with Crippen LogP contribution in [0.5, 0.6) is 0 Å². The standard InChI is InChI=1S/C26H39NO3/c1-3-4-9-19(2)24(28)13-12-22-23-17-20(16-21(23)18-25(22)29)10-5-6-11-26(30)27-14-7-8-15-27/h10,12-13,19,21-25,28-29H,5-9,11,14-18H2,1-2H3/b13-12+,20-10+/t19-,21-,22+,23-,24+,25+/m0/s1. The molecule has 166 valence electrons. The number of allylic oxidation sites excluding steroid dienone is 2. The molecule has 6 atom stereocenters. The molecule has 4 nitrogen and oxygen atoms in total. The van der Waals surface area contributed by atoms with Crippen molar-refractivity contribution in [2.75, 3.05) is 13.1 Å². The number of hydrogen-bond acceptors (Lipinski definition) is 3. The second-order valence-electron chi connectivity index (χ2n) is 9.54. The van der Waals surface area contributed by atoms with Gasteiger partial charge in [0.15, 0.2) is 0 Å².